The lowest BCUT2D eigenvalue weighted by Gasteiger charge is -2.23. The van der Waals surface area contributed by atoms with Crippen molar-refractivity contribution in [1.29, 1.82) is 0 Å². The summed E-state index contributed by atoms with van der Waals surface area (Å²) in [7, 11) is 5.68. The maximum atomic E-state index is 11.4. The zero-order valence-corrected chi connectivity index (χ0v) is 13.6. The van der Waals surface area contributed by atoms with E-state index in [1.54, 1.807) is 0 Å². The van der Waals surface area contributed by atoms with Crippen LogP contribution in [-0.2, 0) is 29.5 Å². The third kappa shape index (κ3) is 2.44. The molecule has 0 unspecified atom stereocenters. The Morgan fingerprint density at radius 1 is 1.32 bits per heavy atom. The summed E-state index contributed by atoms with van der Waals surface area (Å²) in [6, 6.07) is 4.37. The Morgan fingerprint density at radius 3 is 2.82 bits per heavy atom. The number of carbonyl (C=O) groups excluding carboxylic acids is 1. The molecule has 0 aliphatic carbocycles. The Balaban J connectivity index is 2.22. The summed E-state index contributed by atoms with van der Waals surface area (Å²) in [5.41, 5.74) is 6.30. The average Bonchev–Trinajstić information content (AvgIpc) is 2.77. The van der Waals surface area contributed by atoms with Crippen molar-refractivity contribution in [2.45, 2.75) is 19.9 Å². The molecule has 1 aromatic heterocycles. The first-order valence-electron chi connectivity index (χ1n) is 7.56. The Bertz CT molecular complexity index is 771. The van der Waals surface area contributed by atoms with Crippen LogP contribution in [0.5, 0.6) is 0 Å². The molecular weight excluding hydrogens is 276 g/mol. The molecule has 0 spiro atoms. The molecule has 0 fully saturated rings. The van der Waals surface area contributed by atoms with Crippen molar-refractivity contribution >= 4 is 22.9 Å². The standard InChI is InChI=1S/C18H22N2O2/c1-12-9-13(5-6-17(21)22-4)18-14(10-12)15-11-19(2)8-7-16(15)20(18)3/h5-6,9-10H,7-8,11H2,1-4H3. The first kappa shape index (κ1) is 14.9. The second-order valence-corrected chi connectivity index (χ2v) is 6.08. The number of esters is 1. The molecule has 22 heavy (non-hydrogen) atoms. The van der Waals surface area contributed by atoms with Gasteiger partial charge in [-0.3, -0.25) is 0 Å². The van der Waals surface area contributed by atoms with Crippen LogP contribution in [0, 0.1) is 6.92 Å². The van der Waals surface area contributed by atoms with E-state index in [9.17, 15) is 4.79 Å². The number of methoxy groups -OCH3 is 1. The van der Waals surface area contributed by atoms with Crippen molar-refractivity contribution in [3.05, 3.63) is 40.6 Å². The van der Waals surface area contributed by atoms with Crippen molar-refractivity contribution in [1.82, 2.24) is 9.47 Å². The number of ether oxygens (including phenoxy) is 1. The van der Waals surface area contributed by atoms with Crippen molar-refractivity contribution < 1.29 is 9.53 Å². The van der Waals surface area contributed by atoms with Crippen LogP contribution in [0.25, 0.3) is 17.0 Å². The van der Waals surface area contributed by atoms with Crippen molar-refractivity contribution in [2.24, 2.45) is 7.05 Å². The molecule has 1 aromatic carbocycles. The Labute approximate surface area is 131 Å². The number of benzene rings is 1. The lowest BCUT2D eigenvalue weighted by atomic mass is 10.0. The van der Waals surface area contributed by atoms with Crippen LogP contribution in [0.15, 0.2) is 18.2 Å². The quantitative estimate of drug-likeness (QED) is 0.631. The van der Waals surface area contributed by atoms with E-state index < -0.39 is 0 Å². The lowest BCUT2D eigenvalue weighted by molar-refractivity contribution is -0.134. The molecule has 0 saturated carbocycles. The molecule has 4 nitrogen and oxygen atoms in total. The molecule has 0 amide bonds. The maximum Gasteiger partial charge on any atom is 0.330 e. The molecular formula is C18H22N2O2. The SMILES string of the molecule is COC(=O)C=Cc1cc(C)cc2c3c(n(C)c12)CCN(C)C3. The highest BCUT2D eigenvalue weighted by Gasteiger charge is 2.22. The van der Waals surface area contributed by atoms with Crippen LogP contribution < -0.4 is 0 Å². The molecule has 1 aliphatic rings. The highest BCUT2D eigenvalue weighted by molar-refractivity contribution is 5.96. The van der Waals surface area contributed by atoms with Crippen molar-refractivity contribution in [3.8, 4) is 0 Å². The highest BCUT2D eigenvalue weighted by atomic mass is 16.5. The number of fused-ring (bicyclic) bond motifs is 3. The van der Waals surface area contributed by atoms with Gasteiger partial charge in [0, 0.05) is 43.7 Å². The minimum absolute atomic E-state index is 0.326. The van der Waals surface area contributed by atoms with E-state index in [0.717, 1.165) is 25.1 Å². The zero-order valence-electron chi connectivity index (χ0n) is 13.6. The van der Waals surface area contributed by atoms with Gasteiger partial charge in [-0.05, 0) is 48.9 Å². The number of carbonyl (C=O) groups is 1. The van der Waals surface area contributed by atoms with E-state index in [1.165, 1.54) is 40.9 Å². The van der Waals surface area contributed by atoms with Crippen molar-refractivity contribution in [2.75, 3.05) is 20.7 Å². The molecule has 2 heterocycles. The third-order valence-electron chi connectivity index (χ3n) is 4.46. The molecule has 0 N–H and O–H groups in total. The lowest BCUT2D eigenvalue weighted by Crippen LogP contribution is -2.26. The summed E-state index contributed by atoms with van der Waals surface area (Å²) in [6.07, 6.45) is 4.42. The minimum atomic E-state index is -0.326. The summed E-state index contributed by atoms with van der Waals surface area (Å²) >= 11 is 0. The predicted octanol–water partition coefficient (Wildman–Crippen LogP) is 2.66. The van der Waals surface area contributed by atoms with Gasteiger partial charge in [0.2, 0.25) is 0 Å². The molecule has 0 radical (unpaired) electrons. The normalized spacial score (nSPS) is 15.5. The first-order valence-corrected chi connectivity index (χ1v) is 7.56. The Kier molecular flexibility index (Phi) is 3.79. The van der Waals surface area contributed by atoms with E-state index in [2.05, 4.69) is 42.6 Å². The van der Waals surface area contributed by atoms with Crippen LogP contribution in [0.2, 0.25) is 0 Å². The number of hydrogen-bond acceptors (Lipinski definition) is 3. The maximum absolute atomic E-state index is 11.4. The summed E-state index contributed by atoms with van der Waals surface area (Å²) in [5.74, 6) is -0.326. The first-order chi connectivity index (χ1) is 10.5. The van der Waals surface area contributed by atoms with Gasteiger partial charge in [-0.2, -0.15) is 0 Å². The van der Waals surface area contributed by atoms with Crippen LogP contribution >= 0.6 is 0 Å². The second-order valence-electron chi connectivity index (χ2n) is 6.08. The van der Waals surface area contributed by atoms with Gasteiger partial charge in [0.1, 0.15) is 0 Å². The molecule has 0 atom stereocenters. The van der Waals surface area contributed by atoms with Gasteiger partial charge >= 0.3 is 5.97 Å². The van der Waals surface area contributed by atoms with Crippen LogP contribution in [-0.4, -0.2) is 36.1 Å². The molecule has 3 rings (SSSR count). The van der Waals surface area contributed by atoms with E-state index >= 15 is 0 Å². The number of hydrogen-bond donors (Lipinski definition) is 0. The molecule has 2 aromatic rings. The smallest absolute Gasteiger partial charge is 0.330 e. The number of likely N-dealkylation sites (N-methyl/N-ethyl adjacent to an activating group) is 1. The molecule has 1 aliphatic heterocycles. The summed E-state index contributed by atoms with van der Waals surface area (Å²) < 4.78 is 6.99. The van der Waals surface area contributed by atoms with Crippen LogP contribution in [0.4, 0.5) is 0 Å². The van der Waals surface area contributed by atoms with Gasteiger partial charge in [-0.15, -0.1) is 0 Å². The van der Waals surface area contributed by atoms with Crippen LogP contribution in [0.1, 0.15) is 22.4 Å². The fraction of sp³-hybridized carbons (Fsp3) is 0.389. The van der Waals surface area contributed by atoms with E-state index in [0.29, 0.717) is 0 Å². The number of aromatic nitrogens is 1. The third-order valence-corrected chi connectivity index (χ3v) is 4.46. The monoisotopic (exact) mass is 298 g/mol. The molecule has 0 bridgehead atoms. The second kappa shape index (κ2) is 5.61. The average molecular weight is 298 g/mol. The number of nitrogens with zero attached hydrogens (tertiary/aromatic N) is 2. The number of rotatable bonds is 2. The van der Waals surface area contributed by atoms with E-state index in [1.807, 2.05) is 6.08 Å². The van der Waals surface area contributed by atoms with Gasteiger partial charge in [-0.25, -0.2) is 4.79 Å². The fourth-order valence-electron chi connectivity index (χ4n) is 3.40. The summed E-state index contributed by atoms with van der Waals surface area (Å²) in [6.45, 7) is 4.17. The molecule has 0 saturated heterocycles. The summed E-state index contributed by atoms with van der Waals surface area (Å²) in [4.78, 5) is 13.8. The molecule has 116 valence electrons. The zero-order chi connectivity index (χ0) is 15.9. The van der Waals surface area contributed by atoms with E-state index in [-0.39, 0.29) is 5.97 Å². The van der Waals surface area contributed by atoms with Gasteiger partial charge in [-0.1, -0.05) is 0 Å². The largest absolute Gasteiger partial charge is 0.466 e. The predicted molar refractivity (Wildman–Crippen MR) is 88.7 cm³/mol. The van der Waals surface area contributed by atoms with Gasteiger partial charge in [0.05, 0.1) is 12.6 Å². The Hall–Kier alpha value is -2.07. The van der Waals surface area contributed by atoms with E-state index in [4.69, 9.17) is 4.74 Å². The van der Waals surface area contributed by atoms with Gasteiger partial charge in [0.15, 0.2) is 0 Å². The van der Waals surface area contributed by atoms with Crippen LogP contribution in [0.3, 0.4) is 0 Å². The number of aryl methyl sites for hydroxylation is 2. The highest BCUT2D eigenvalue weighted by Crippen LogP contribution is 2.33. The topological polar surface area (TPSA) is 34.5 Å². The Morgan fingerprint density at radius 2 is 2.09 bits per heavy atom. The fourth-order valence-corrected chi connectivity index (χ4v) is 3.40. The minimum Gasteiger partial charge on any atom is -0.466 e. The van der Waals surface area contributed by atoms with Gasteiger partial charge in [0.25, 0.3) is 0 Å². The van der Waals surface area contributed by atoms with Crippen molar-refractivity contribution in [3.63, 3.8) is 0 Å². The molecule has 4 heteroatoms. The summed E-state index contributed by atoms with van der Waals surface area (Å²) in [5, 5.41) is 1.30. The van der Waals surface area contributed by atoms with Gasteiger partial charge < -0.3 is 14.2 Å².